The molecule has 7 nitrogen and oxygen atoms in total. The highest BCUT2D eigenvalue weighted by molar-refractivity contribution is 5.89. The first-order chi connectivity index (χ1) is 15.4. The van der Waals surface area contributed by atoms with Gasteiger partial charge >= 0.3 is 6.09 Å². The maximum atomic E-state index is 14.7. The van der Waals surface area contributed by atoms with E-state index in [0.29, 0.717) is 5.56 Å². The Hall–Kier alpha value is -2.81. The highest BCUT2D eigenvalue weighted by Crippen LogP contribution is 2.30. The van der Waals surface area contributed by atoms with E-state index in [-0.39, 0.29) is 30.1 Å². The second-order valence-electron chi connectivity index (χ2n) is 9.62. The van der Waals surface area contributed by atoms with Crippen LogP contribution in [0, 0.1) is 11.6 Å². The molecule has 3 atom stereocenters. The summed E-state index contributed by atoms with van der Waals surface area (Å²) >= 11 is 0. The van der Waals surface area contributed by atoms with Crippen LogP contribution in [0.1, 0.15) is 71.6 Å². The van der Waals surface area contributed by atoms with E-state index in [1.807, 2.05) is 40.7 Å². The largest absolute Gasteiger partial charge is 0.447 e. The molecule has 0 spiro atoms. The molecule has 1 aromatic carbocycles. The average molecular weight is 463 g/mol. The number of carbonyl (C=O) groups is 1. The normalized spacial score (nSPS) is 18.4. The molecule has 1 aromatic heterocycles. The lowest BCUT2D eigenvalue weighted by atomic mass is 9.99. The Morgan fingerprint density at radius 3 is 2.48 bits per heavy atom. The van der Waals surface area contributed by atoms with Gasteiger partial charge in [0, 0.05) is 5.56 Å². The molecule has 0 bridgehead atoms. The van der Waals surface area contributed by atoms with E-state index >= 15 is 0 Å². The number of hydrogen-bond acceptors (Lipinski definition) is 6. The van der Waals surface area contributed by atoms with Gasteiger partial charge in [-0.05, 0) is 52.2 Å². The van der Waals surface area contributed by atoms with Crippen LogP contribution < -0.4 is 10.2 Å². The summed E-state index contributed by atoms with van der Waals surface area (Å²) in [6, 6.07) is 4.05. The Labute approximate surface area is 193 Å². The van der Waals surface area contributed by atoms with Crippen molar-refractivity contribution in [2.45, 2.75) is 78.2 Å². The Morgan fingerprint density at radius 1 is 1.18 bits per heavy atom. The Bertz CT molecular complexity index is 1010. The first-order valence-electron chi connectivity index (χ1n) is 11.1. The van der Waals surface area contributed by atoms with Gasteiger partial charge in [0.15, 0.2) is 11.6 Å². The molecule has 1 N–H and O–H groups in total. The van der Waals surface area contributed by atoms with Crippen LogP contribution in [0.25, 0.3) is 0 Å². The second-order valence-corrected chi connectivity index (χ2v) is 9.62. The highest BCUT2D eigenvalue weighted by atomic mass is 19.1. The molecule has 1 fully saturated rings. The number of nitrogens with zero attached hydrogens (tertiary/aromatic N) is 3. The number of ether oxygens (including phenoxy) is 2. The number of anilines is 2. The SMILES string of the molecule is CC(C)c1ccc([C@H](C)Nc2ncc(F)c(N3C(=O)OC[C@@H]3[C@@H](C)OC(C)(C)C)n2)c(F)c1. The van der Waals surface area contributed by atoms with Crippen LogP contribution in [0.3, 0.4) is 0 Å². The monoisotopic (exact) mass is 462 g/mol. The number of carbonyl (C=O) groups excluding carboxylic acids is 1. The van der Waals surface area contributed by atoms with E-state index in [1.54, 1.807) is 19.9 Å². The third-order valence-corrected chi connectivity index (χ3v) is 5.44. The van der Waals surface area contributed by atoms with Crippen LogP contribution >= 0.6 is 0 Å². The van der Waals surface area contributed by atoms with Gasteiger partial charge < -0.3 is 14.8 Å². The van der Waals surface area contributed by atoms with E-state index in [2.05, 4.69) is 15.3 Å². The fourth-order valence-corrected chi connectivity index (χ4v) is 3.78. The van der Waals surface area contributed by atoms with Crippen molar-refractivity contribution in [3.8, 4) is 0 Å². The molecule has 0 aliphatic carbocycles. The van der Waals surface area contributed by atoms with Crippen molar-refractivity contribution in [2.75, 3.05) is 16.8 Å². The van der Waals surface area contributed by atoms with Crippen LogP contribution in [0.4, 0.5) is 25.3 Å². The van der Waals surface area contributed by atoms with Gasteiger partial charge in [-0.3, -0.25) is 0 Å². The number of benzene rings is 1. The van der Waals surface area contributed by atoms with E-state index in [9.17, 15) is 13.6 Å². The quantitative estimate of drug-likeness (QED) is 0.579. The van der Waals surface area contributed by atoms with Gasteiger partial charge in [-0.2, -0.15) is 4.98 Å². The minimum atomic E-state index is -0.771. The molecular weight excluding hydrogens is 430 g/mol. The summed E-state index contributed by atoms with van der Waals surface area (Å²) in [7, 11) is 0. The zero-order valence-corrected chi connectivity index (χ0v) is 20.1. The minimum absolute atomic E-state index is 0.0477. The van der Waals surface area contributed by atoms with Gasteiger partial charge in [0.2, 0.25) is 5.95 Å². The van der Waals surface area contributed by atoms with Crippen molar-refractivity contribution < 1.29 is 23.0 Å². The molecule has 1 aliphatic rings. The van der Waals surface area contributed by atoms with Crippen LogP contribution in [0.5, 0.6) is 0 Å². The first kappa shape index (κ1) is 24.8. The molecule has 2 aromatic rings. The van der Waals surface area contributed by atoms with Crippen LogP contribution in [0.15, 0.2) is 24.4 Å². The van der Waals surface area contributed by atoms with Gasteiger partial charge in [0.25, 0.3) is 0 Å². The third-order valence-electron chi connectivity index (χ3n) is 5.44. The molecule has 0 unspecified atom stereocenters. The molecule has 2 heterocycles. The Morgan fingerprint density at radius 2 is 1.88 bits per heavy atom. The summed E-state index contributed by atoms with van der Waals surface area (Å²) in [4.78, 5) is 21.8. The lowest BCUT2D eigenvalue weighted by Gasteiger charge is -2.31. The molecule has 1 aliphatic heterocycles. The van der Waals surface area contributed by atoms with Crippen molar-refractivity contribution >= 4 is 17.9 Å². The molecule has 33 heavy (non-hydrogen) atoms. The van der Waals surface area contributed by atoms with Crippen molar-refractivity contribution in [1.82, 2.24) is 9.97 Å². The van der Waals surface area contributed by atoms with Gasteiger partial charge in [-0.25, -0.2) is 23.5 Å². The maximum Gasteiger partial charge on any atom is 0.416 e. The van der Waals surface area contributed by atoms with Gasteiger partial charge in [0.1, 0.15) is 18.5 Å². The Balaban J connectivity index is 1.85. The molecular formula is C24H32F2N4O3. The topological polar surface area (TPSA) is 76.6 Å². The zero-order chi connectivity index (χ0) is 24.5. The molecule has 1 amide bonds. The van der Waals surface area contributed by atoms with Gasteiger partial charge in [0.05, 0.1) is 23.9 Å². The van der Waals surface area contributed by atoms with E-state index in [4.69, 9.17) is 9.47 Å². The second kappa shape index (κ2) is 9.59. The number of hydrogen-bond donors (Lipinski definition) is 1. The molecule has 3 rings (SSSR count). The number of aromatic nitrogens is 2. The third kappa shape index (κ3) is 5.76. The van der Waals surface area contributed by atoms with Crippen molar-refractivity contribution in [2.24, 2.45) is 0 Å². The standard InChI is InChI=1S/C24H32F2N4O3/c1-13(2)16-8-9-17(18(25)10-16)14(3)28-22-27-11-19(26)21(29-22)30-20(12-32-23(30)31)15(4)33-24(5,6)7/h8-11,13-15,20H,12H2,1-7H3,(H,27,28,29)/t14-,15+,20+/m0/s1. The molecule has 1 saturated heterocycles. The smallest absolute Gasteiger partial charge is 0.416 e. The molecule has 0 radical (unpaired) electrons. The average Bonchev–Trinajstić information content (AvgIpc) is 3.09. The zero-order valence-electron chi connectivity index (χ0n) is 20.1. The predicted octanol–water partition coefficient (Wildman–Crippen LogP) is 5.58. The fraction of sp³-hybridized carbons (Fsp3) is 0.542. The molecule has 0 saturated carbocycles. The molecule has 9 heteroatoms. The van der Waals surface area contributed by atoms with Crippen molar-refractivity contribution in [1.29, 1.82) is 0 Å². The molecule has 180 valence electrons. The number of rotatable bonds is 7. The summed E-state index contributed by atoms with van der Waals surface area (Å²) < 4.78 is 40.5. The summed E-state index contributed by atoms with van der Waals surface area (Å²) in [6.45, 7) is 13.3. The summed E-state index contributed by atoms with van der Waals surface area (Å²) in [6.07, 6.45) is -0.168. The van der Waals surface area contributed by atoms with E-state index < -0.39 is 35.7 Å². The first-order valence-corrected chi connectivity index (χ1v) is 11.1. The number of halogens is 2. The van der Waals surface area contributed by atoms with Crippen molar-refractivity contribution in [3.05, 3.63) is 47.2 Å². The van der Waals surface area contributed by atoms with Crippen LogP contribution in [-0.2, 0) is 9.47 Å². The van der Waals surface area contributed by atoms with E-state index in [1.165, 1.54) is 6.07 Å². The predicted molar refractivity (Wildman–Crippen MR) is 122 cm³/mol. The summed E-state index contributed by atoms with van der Waals surface area (Å²) in [5.41, 5.74) is 0.867. The number of cyclic esters (lactones) is 1. The highest BCUT2D eigenvalue weighted by Gasteiger charge is 2.41. The Kier molecular flexibility index (Phi) is 7.21. The lowest BCUT2D eigenvalue weighted by Crippen LogP contribution is -2.45. The minimum Gasteiger partial charge on any atom is -0.447 e. The van der Waals surface area contributed by atoms with Gasteiger partial charge in [-0.1, -0.05) is 26.0 Å². The summed E-state index contributed by atoms with van der Waals surface area (Å²) in [5.74, 6) is -1.06. The fourth-order valence-electron chi connectivity index (χ4n) is 3.78. The van der Waals surface area contributed by atoms with Crippen molar-refractivity contribution in [3.63, 3.8) is 0 Å². The van der Waals surface area contributed by atoms with Gasteiger partial charge in [-0.15, -0.1) is 0 Å². The summed E-state index contributed by atoms with van der Waals surface area (Å²) in [5, 5.41) is 3.00. The maximum absolute atomic E-state index is 14.7. The number of nitrogens with one attached hydrogen (secondary N) is 1. The van der Waals surface area contributed by atoms with Crippen LogP contribution in [-0.4, -0.2) is 40.4 Å². The number of amides is 1. The van der Waals surface area contributed by atoms with Crippen LogP contribution in [0.2, 0.25) is 0 Å². The van der Waals surface area contributed by atoms with E-state index in [0.717, 1.165) is 16.7 Å². The lowest BCUT2D eigenvalue weighted by molar-refractivity contribution is -0.0618.